The Morgan fingerprint density at radius 2 is 1.68 bits per heavy atom. The van der Waals surface area contributed by atoms with Crippen LogP contribution in [-0.4, -0.2) is 30.2 Å². The second kappa shape index (κ2) is 9.29. The summed E-state index contributed by atoms with van der Waals surface area (Å²) in [5.74, 6) is 1.07. The number of fused-ring (bicyclic) bond motifs is 1. The third-order valence-corrected chi connectivity index (χ3v) is 7.98. The zero-order chi connectivity index (χ0) is 23.8. The van der Waals surface area contributed by atoms with Crippen LogP contribution < -0.4 is 14.8 Å². The molecule has 0 radical (unpaired) electrons. The number of rotatable bonds is 6. The number of alkyl halides is 1. The highest BCUT2D eigenvalue weighted by atomic mass is 35.5. The van der Waals surface area contributed by atoms with Crippen molar-refractivity contribution in [2.45, 2.75) is 17.3 Å². The molecule has 1 aliphatic carbocycles. The number of methoxy groups -OCH3 is 1. The monoisotopic (exact) mass is 511 g/mol. The zero-order valence-electron chi connectivity index (χ0n) is 18.0. The summed E-state index contributed by atoms with van der Waals surface area (Å²) in [6.07, 6.45) is 0. The predicted molar refractivity (Wildman–Crippen MR) is 135 cm³/mol. The number of ketones is 1. The van der Waals surface area contributed by atoms with Crippen LogP contribution >= 0.6 is 34.5 Å². The Kier molecular flexibility index (Phi) is 6.21. The lowest BCUT2D eigenvalue weighted by Crippen LogP contribution is -2.60. The maximum Gasteiger partial charge on any atom is 0.263 e. The Labute approximate surface area is 210 Å². The fourth-order valence-corrected chi connectivity index (χ4v) is 5.83. The molecule has 172 valence electrons. The van der Waals surface area contributed by atoms with Crippen molar-refractivity contribution in [1.29, 1.82) is 0 Å². The van der Waals surface area contributed by atoms with Gasteiger partial charge in [-0.25, -0.2) is 0 Å². The number of benzene rings is 3. The molecule has 3 unspecified atom stereocenters. The average molecular weight is 512 g/mol. The van der Waals surface area contributed by atoms with Crippen molar-refractivity contribution in [2.24, 2.45) is 0 Å². The molecule has 3 aromatic carbocycles. The molecule has 1 saturated carbocycles. The topological polar surface area (TPSA) is 64.6 Å². The zero-order valence-corrected chi connectivity index (χ0v) is 20.3. The molecule has 1 fully saturated rings. The molecule has 1 aromatic heterocycles. The van der Waals surface area contributed by atoms with E-state index in [9.17, 15) is 9.59 Å². The van der Waals surface area contributed by atoms with Gasteiger partial charge in [0, 0.05) is 16.0 Å². The van der Waals surface area contributed by atoms with Crippen molar-refractivity contribution in [1.82, 2.24) is 5.32 Å². The molecular formula is C26H19Cl2NO4S. The van der Waals surface area contributed by atoms with Crippen molar-refractivity contribution >= 4 is 56.3 Å². The van der Waals surface area contributed by atoms with E-state index in [0.29, 0.717) is 32.5 Å². The maximum absolute atomic E-state index is 13.1. The summed E-state index contributed by atoms with van der Waals surface area (Å²) in [4.78, 5) is 25.9. The van der Waals surface area contributed by atoms with Crippen LogP contribution in [0, 0.1) is 0 Å². The SMILES string of the molecule is COc1ccc(C2C(Cl)C(=O)C2NC(=O)c2sc3ccc(Oc4ccccc4)cc3c2Cl)cc1. The van der Waals surface area contributed by atoms with E-state index in [-0.39, 0.29) is 11.7 Å². The van der Waals surface area contributed by atoms with E-state index in [4.69, 9.17) is 32.7 Å². The average Bonchev–Trinajstić information content (AvgIpc) is 3.20. The van der Waals surface area contributed by atoms with E-state index in [1.165, 1.54) is 11.3 Å². The van der Waals surface area contributed by atoms with Gasteiger partial charge in [0.1, 0.15) is 27.5 Å². The second-order valence-corrected chi connectivity index (χ2v) is 9.77. The highest BCUT2D eigenvalue weighted by molar-refractivity contribution is 7.21. The normalized spacial score (nSPS) is 19.5. The fourth-order valence-electron chi connectivity index (χ4n) is 4.01. The molecule has 1 heterocycles. The number of ether oxygens (including phenoxy) is 2. The molecule has 0 bridgehead atoms. The molecule has 0 saturated heterocycles. The third-order valence-electron chi connectivity index (χ3n) is 5.82. The Bertz CT molecular complexity index is 1370. The number of carbonyl (C=O) groups is 2. The van der Waals surface area contributed by atoms with Gasteiger partial charge in [0.15, 0.2) is 5.78 Å². The summed E-state index contributed by atoms with van der Waals surface area (Å²) in [7, 11) is 1.58. The number of hydrogen-bond acceptors (Lipinski definition) is 5. The van der Waals surface area contributed by atoms with Crippen molar-refractivity contribution in [3.8, 4) is 17.2 Å². The van der Waals surface area contributed by atoms with Crippen LogP contribution in [0.15, 0.2) is 72.8 Å². The van der Waals surface area contributed by atoms with Gasteiger partial charge in [-0.3, -0.25) is 9.59 Å². The minimum absolute atomic E-state index is 0.216. The van der Waals surface area contributed by atoms with E-state index in [0.717, 1.165) is 10.3 Å². The van der Waals surface area contributed by atoms with Gasteiger partial charge in [0.25, 0.3) is 5.91 Å². The first-order valence-electron chi connectivity index (χ1n) is 10.5. The Balaban J connectivity index is 1.37. The molecule has 8 heteroatoms. The number of Topliss-reactive ketones (excluding diaryl/α,β-unsaturated/α-hetero) is 1. The van der Waals surface area contributed by atoms with E-state index in [1.807, 2.05) is 54.6 Å². The van der Waals surface area contributed by atoms with Crippen LogP contribution in [0.3, 0.4) is 0 Å². The Morgan fingerprint density at radius 1 is 0.971 bits per heavy atom. The first-order valence-corrected chi connectivity index (χ1v) is 12.2. The molecule has 5 rings (SSSR count). The van der Waals surface area contributed by atoms with Gasteiger partial charge in [-0.05, 0) is 48.0 Å². The summed E-state index contributed by atoms with van der Waals surface area (Å²) in [6.45, 7) is 0. The quantitative estimate of drug-likeness (QED) is 0.303. The number of hydrogen-bond donors (Lipinski definition) is 1. The summed E-state index contributed by atoms with van der Waals surface area (Å²) >= 11 is 14.2. The molecule has 5 nitrogen and oxygen atoms in total. The van der Waals surface area contributed by atoms with Gasteiger partial charge >= 0.3 is 0 Å². The van der Waals surface area contributed by atoms with Crippen molar-refractivity contribution in [3.63, 3.8) is 0 Å². The van der Waals surface area contributed by atoms with Crippen LogP contribution in [0.2, 0.25) is 5.02 Å². The minimum Gasteiger partial charge on any atom is -0.497 e. The van der Waals surface area contributed by atoms with Gasteiger partial charge in [0.05, 0.1) is 18.2 Å². The van der Waals surface area contributed by atoms with Crippen molar-refractivity contribution in [3.05, 3.63) is 88.3 Å². The first-order chi connectivity index (χ1) is 16.5. The maximum atomic E-state index is 13.1. The molecule has 1 amide bonds. The van der Waals surface area contributed by atoms with Crippen LogP contribution in [-0.2, 0) is 4.79 Å². The van der Waals surface area contributed by atoms with Crippen LogP contribution in [0.25, 0.3) is 10.1 Å². The van der Waals surface area contributed by atoms with Crippen LogP contribution in [0.4, 0.5) is 0 Å². The van der Waals surface area contributed by atoms with E-state index >= 15 is 0 Å². The molecule has 3 atom stereocenters. The molecule has 0 spiro atoms. The van der Waals surface area contributed by atoms with E-state index < -0.39 is 17.3 Å². The number of halogens is 2. The van der Waals surface area contributed by atoms with Gasteiger partial charge in [-0.1, -0.05) is 41.9 Å². The lowest BCUT2D eigenvalue weighted by Gasteiger charge is -2.40. The highest BCUT2D eigenvalue weighted by Crippen LogP contribution is 2.41. The number of amides is 1. The summed E-state index contributed by atoms with van der Waals surface area (Å²) in [6, 6.07) is 21.5. The van der Waals surface area contributed by atoms with Gasteiger partial charge < -0.3 is 14.8 Å². The van der Waals surface area contributed by atoms with E-state index in [2.05, 4.69) is 5.32 Å². The van der Waals surface area contributed by atoms with Crippen molar-refractivity contribution in [2.75, 3.05) is 7.11 Å². The van der Waals surface area contributed by atoms with Gasteiger partial charge in [0.2, 0.25) is 0 Å². The third kappa shape index (κ3) is 4.13. The minimum atomic E-state index is -0.721. The molecule has 1 aliphatic rings. The summed E-state index contributed by atoms with van der Waals surface area (Å²) in [5, 5.41) is 3.18. The molecule has 4 aromatic rings. The summed E-state index contributed by atoms with van der Waals surface area (Å²) < 4.78 is 11.9. The fraction of sp³-hybridized carbons (Fsp3) is 0.154. The molecular weight excluding hydrogens is 493 g/mol. The highest BCUT2D eigenvalue weighted by Gasteiger charge is 2.50. The lowest BCUT2D eigenvalue weighted by molar-refractivity contribution is -0.127. The van der Waals surface area contributed by atoms with Crippen LogP contribution in [0.1, 0.15) is 21.2 Å². The largest absolute Gasteiger partial charge is 0.497 e. The number of nitrogens with one attached hydrogen (secondary N) is 1. The molecule has 34 heavy (non-hydrogen) atoms. The molecule has 0 aliphatic heterocycles. The Hall–Kier alpha value is -3.06. The van der Waals surface area contributed by atoms with Gasteiger partial charge in [-0.15, -0.1) is 22.9 Å². The predicted octanol–water partition coefficient (Wildman–Crippen LogP) is 6.43. The first kappa shape index (κ1) is 22.7. The molecule has 1 N–H and O–H groups in total. The Morgan fingerprint density at radius 3 is 2.38 bits per heavy atom. The van der Waals surface area contributed by atoms with Crippen molar-refractivity contribution < 1.29 is 19.1 Å². The summed E-state index contributed by atoms with van der Waals surface area (Å²) in [5.41, 5.74) is 0.857. The number of carbonyl (C=O) groups excluding carboxylic acids is 2. The second-order valence-electron chi connectivity index (χ2n) is 7.87. The standard InChI is InChI=1S/C26H19Cl2NO4S/c1-32-15-9-7-14(8-10-15)20-22(28)24(30)23(20)29-26(31)25-21(27)18-13-17(11-12-19(18)34-25)33-16-5-3-2-4-6-16/h2-13,20,22-23H,1H3,(H,29,31). The van der Waals surface area contributed by atoms with Gasteiger partial charge in [-0.2, -0.15) is 0 Å². The van der Waals surface area contributed by atoms with Crippen LogP contribution in [0.5, 0.6) is 17.2 Å². The lowest BCUT2D eigenvalue weighted by atomic mass is 9.73. The number of thiophene rings is 1. The van der Waals surface area contributed by atoms with E-state index in [1.54, 1.807) is 25.3 Å². The number of para-hydroxylation sites is 1. The smallest absolute Gasteiger partial charge is 0.263 e.